The third-order valence-electron chi connectivity index (χ3n) is 2.84. The number of aromatic carboxylic acids is 1. The van der Waals surface area contributed by atoms with Crippen LogP contribution in [0.5, 0.6) is 0 Å². The Morgan fingerprint density at radius 1 is 1.42 bits per heavy atom. The Bertz CT molecular complexity index is 566. The van der Waals surface area contributed by atoms with E-state index in [1.54, 1.807) is 18.4 Å². The van der Waals surface area contributed by atoms with Gasteiger partial charge in [0.15, 0.2) is 0 Å². The van der Waals surface area contributed by atoms with Crippen LogP contribution in [-0.4, -0.2) is 17.6 Å². The summed E-state index contributed by atoms with van der Waals surface area (Å²) in [7, 11) is 0. The third-order valence-corrected chi connectivity index (χ3v) is 3.33. The van der Waals surface area contributed by atoms with Crippen LogP contribution < -0.4 is 4.90 Å². The summed E-state index contributed by atoms with van der Waals surface area (Å²) >= 11 is 3.30. The van der Waals surface area contributed by atoms with E-state index in [1.165, 1.54) is 0 Å². The van der Waals surface area contributed by atoms with Crippen molar-refractivity contribution in [3.8, 4) is 0 Å². The molecule has 5 heteroatoms. The van der Waals surface area contributed by atoms with Gasteiger partial charge in [-0.25, -0.2) is 4.79 Å². The average molecular weight is 324 g/mol. The summed E-state index contributed by atoms with van der Waals surface area (Å²) in [4.78, 5) is 13.3. The van der Waals surface area contributed by atoms with Gasteiger partial charge in [0.2, 0.25) is 0 Å². The van der Waals surface area contributed by atoms with E-state index in [1.807, 2.05) is 30.0 Å². The molecule has 0 aliphatic rings. The lowest BCUT2D eigenvalue weighted by Gasteiger charge is -2.23. The van der Waals surface area contributed by atoms with Gasteiger partial charge in [0.25, 0.3) is 0 Å². The Hall–Kier alpha value is -1.75. The fourth-order valence-corrected chi connectivity index (χ4v) is 2.27. The number of hydrogen-bond donors (Lipinski definition) is 1. The summed E-state index contributed by atoms with van der Waals surface area (Å²) in [6, 6.07) is 8.96. The van der Waals surface area contributed by atoms with Crippen molar-refractivity contribution in [3.63, 3.8) is 0 Å². The highest BCUT2D eigenvalue weighted by Crippen LogP contribution is 2.26. The van der Waals surface area contributed by atoms with Crippen molar-refractivity contribution in [2.45, 2.75) is 13.5 Å². The molecule has 2 rings (SSSR count). The first kappa shape index (κ1) is 13.7. The lowest BCUT2D eigenvalue weighted by atomic mass is 10.1. The smallest absolute Gasteiger partial charge is 0.337 e. The van der Waals surface area contributed by atoms with E-state index in [0.29, 0.717) is 18.8 Å². The molecule has 0 unspecified atom stereocenters. The Morgan fingerprint density at radius 3 is 2.79 bits per heavy atom. The monoisotopic (exact) mass is 323 g/mol. The summed E-state index contributed by atoms with van der Waals surface area (Å²) in [5.41, 5.74) is 0.970. The van der Waals surface area contributed by atoms with Crippen LogP contribution in [-0.2, 0) is 6.54 Å². The van der Waals surface area contributed by atoms with Gasteiger partial charge in [0.1, 0.15) is 5.76 Å². The van der Waals surface area contributed by atoms with Gasteiger partial charge in [-0.3, -0.25) is 0 Å². The van der Waals surface area contributed by atoms with Gasteiger partial charge in [-0.15, -0.1) is 0 Å². The fourth-order valence-electron chi connectivity index (χ4n) is 1.91. The molecular weight excluding hydrogens is 310 g/mol. The molecule has 1 N–H and O–H groups in total. The number of carbonyl (C=O) groups is 1. The first-order chi connectivity index (χ1) is 9.11. The van der Waals surface area contributed by atoms with Crippen LogP contribution in [0.2, 0.25) is 0 Å². The normalized spacial score (nSPS) is 10.4. The average Bonchev–Trinajstić information content (AvgIpc) is 2.89. The van der Waals surface area contributed by atoms with E-state index in [0.717, 1.165) is 10.2 Å². The van der Waals surface area contributed by atoms with E-state index in [-0.39, 0.29) is 5.56 Å². The topological polar surface area (TPSA) is 53.7 Å². The van der Waals surface area contributed by atoms with Gasteiger partial charge in [-0.1, -0.05) is 15.9 Å². The maximum atomic E-state index is 11.3. The van der Waals surface area contributed by atoms with Gasteiger partial charge in [0.05, 0.1) is 24.1 Å². The van der Waals surface area contributed by atoms with Gasteiger partial charge >= 0.3 is 5.97 Å². The summed E-state index contributed by atoms with van der Waals surface area (Å²) in [5, 5.41) is 9.29. The highest BCUT2D eigenvalue weighted by atomic mass is 79.9. The molecule has 1 aromatic heterocycles. The Balaban J connectivity index is 2.35. The molecule has 100 valence electrons. The first-order valence-corrected chi connectivity index (χ1v) is 6.71. The molecule has 0 atom stereocenters. The largest absolute Gasteiger partial charge is 0.478 e. The molecule has 0 radical (unpaired) electrons. The summed E-state index contributed by atoms with van der Waals surface area (Å²) in [6.45, 7) is 3.23. The zero-order valence-corrected chi connectivity index (χ0v) is 12.1. The molecule has 4 nitrogen and oxygen atoms in total. The maximum absolute atomic E-state index is 11.3. The Labute approximate surface area is 119 Å². The number of hydrogen-bond acceptors (Lipinski definition) is 3. The van der Waals surface area contributed by atoms with E-state index in [4.69, 9.17) is 4.42 Å². The number of carboxylic acids is 1. The van der Waals surface area contributed by atoms with Crippen molar-refractivity contribution >= 4 is 27.6 Å². The molecule has 0 saturated heterocycles. The minimum absolute atomic E-state index is 0.280. The van der Waals surface area contributed by atoms with Crippen LogP contribution >= 0.6 is 15.9 Å². The van der Waals surface area contributed by atoms with Gasteiger partial charge in [0, 0.05) is 11.0 Å². The van der Waals surface area contributed by atoms with Crippen molar-refractivity contribution in [2.75, 3.05) is 11.4 Å². The highest BCUT2D eigenvalue weighted by Gasteiger charge is 2.16. The Kier molecular flexibility index (Phi) is 4.27. The van der Waals surface area contributed by atoms with Gasteiger partial charge < -0.3 is 14.4 Å². The summed E-state index contributed by atoms with van der Waals surface area (Å²) < 4.78 is 6.07. The first-order valence-electron chi connectivity index (χ1n) is 5.92. The standard InChI is InChI=1S/C14H14BrNO3/c1-2-16(9-11-4-3-7-19-11)13-6-5-10(15)8-12(13)14(17)18/h3-8H,2,9H2,1H3,(H,17,18). The van der Waals surface area contributed by atoms with E-state index >= 15 is 0 Å². The van der Waals surface area contributed by atoms with Gasteiger partial charge in [-0.2, -0.15) is 0 Å². The molecular formula is C14H14BrNO3. The molecule has 0 saturated carbocycles. The molecule has 0 amide bonds. The molecule has 0 fully saturated rings. The zero-order chi connectivity index (χ0) is 13.8. The number of nitrogens with zero attached hydrogens (tertiary/aromatic N) is 1. The SMILES string of the molecule is CCN(Cc1ccco1)c1ccc(Br)cc1C(=O)O. The second-order valence-electron chi connectivity index (χ2n) is 4.06. The van der Waals surface area contributed by atoms with Gasteiger partial charge in [-0.05, 0) is 37.3 Å². The van der Waals surface area contributed by atoms with Crippen LogP contribution in [0.4, 0.5) is 5.69 Å². The zero-order valence-electron chi connectivity index (χ0n) is 10.5. The minimum Gasteiger partial charge on any atom is -0.478 e. The number of furan rings is 1. The molecule has 19 heavy (non-hydrogen) atoms. The molecule has 0 aliphatic carbocycles. The molecule has 2 aromatic rings. The van der Waals surface area contributed by atoms with Crippen molar-refractivity contribution in [2.24, 2.45) is 0 Å². The van der Waals surface area contributed by atoms with Crippen LogP contribution in [0.3, 0.4) is 0 Å². The number of anilines is 1. The molecule has 1 aromatic carbocycles. The highest BCUT2D eigenvalue weighted by molar-refractivity contribution is 9.10. The summed E-state index contributed by atoms with van der Waals surface area (Å²) in [6.07, 6.45) is 1.61. The second-order valence-corrected chi connectivity index (χ2v) is 4.98. The number of benzene rings is 1. The van der Waals surface area contributed by atoms with E-state index in [2.05, 4.69) is 15.9 Å². The van der Waals surface area contributed by atoms with E-state index < -0.39 is 5.97 Å². The lowest BCUT2D eigenvalue weighted by Crippen LogP contribution is -2.24. The van der Waals surface area contributed by atoms with E-state index in [9.17, 15) is 9.90 Å². The van der Waals surface area contributed by atoms with Crippen molar-refractivity contribution in [1.29, 1.82) is 0 Å². The maximum Gasteiger partial charge on any atom is 0.337 e. The predicted molar refractivity (Wildman–Crippen MR) is 76.5 cm³/mol. The van der Waals surface area contributed by atoms with Crippen molar-refractivity contribution in [1.82, 2.24) is 0 Å². The fraction of sp³-hybridized carbons (Fsp3) is 0.214. The van der Waals surface area contributed by atoms with Crippen LogP contribution in [0.15, 0.2) is 45.5 Å². The lowest BCUT2D eigenvalue weighted by molar-refractivity contribution is 0.0697. The number of halogens is 1. The minimum atomic E-state index is -0.936. The quantitative estimate of drug-likeness (QED) is 0.910. The molecule has 1 heterocycles. The van der Waals surface area contributed by atoms with Crippen molar-refractivity contribution in [3.05, 3.63) is 52.4 Å². The molecule has 0 aliphatic heterocycles. The third kappa shape index (κ3) is 3.17. The second kappa shape index (κ2) is 5.93. The molecule has 0 bridgehead atoms. The van der Waals surface area contributed by atoms with Crippen molar-refractivity contribution < 1.29 is 14.3 Å². The molecule has 0 spiro atoms. The number of rotatable bonds is 5. The number of carboxylic acid groups (broad SMARTS) is 1. The van der Waals surface area contributed by atoms with Crippen LogP contribution in [0, 0.1) is 0 Å². The summed E-state index contributed by atoms with van der Waals surface area (Å²) in [5.74, 6) is -0.129. The van der Waals surface area contributed by atoms with Crippen LogP contribution in [0.25, 0.3) is 0 Å². The van der Waals surface area contributed by atoms with Crippen LogP contribution in [0.1, 0.15) is 23.0 Å². The predicted octanol–water partition coefficient (Wildman–Crippen LogP) is 3.77. The Morgan fingerprint density at radius 2 is 2.21 bits per heavy atom.